The summed E-state index contributed by atoms with van der Waals surface area (Å²) in [7, 11) is 3.99. The summed E-state index contributed by atoms with van der Waals surface area (Å²) in [6, 6.07) is 13.8. The Hall–Kier alpha value is -5.90. The van der Waals surface area contributed by atoms with Crippen LogP contribution in [-0.2, 0) is 19.2 Å². The van der Waals surface area contributed by atoms with Gasteiger partial charge in [-0.05, 0) is 61.1 Å². The summed E-state index contributed by atoms with van der Waals surface area (Å²) in [5.41, 5.74) is 11.8. The first-order valence-electron chi connectivity index (χ1n) is 16.2. The van der Waals surface area contributed by atoms with E-state index < -0.39 is 0 Å². The van der Waals surface area contributed by atoms with E-state index in [0.717, 1.165) is 52.9 Å². The lowest BCUT2D eigenvalue weighted by Crippen LogP contribution is -2.46. The van der Waals surface area contributed by atoms with Crippen LogP contribution in [0.3, 0.4) is 0 Å². The van der Waals surface area contributed by atoms with Crippen molar-refractivity contribution in [1.29, 1.82) is 0 Å². The number of rotatable bonds is 12. The Balaban J connectivity index is 1.38. The van der Waals surface area contributed by atoms with Gasteiger partial charge in [0.15, 0.2) is 0 Å². The number of allylic oxidation sites excluding steroid dienone is 1. The minimum absolute atomic E-state index is 0.0393. The standard InChI is InChI=1S/C36H41N9O4/c1-43(2)28-14-12-26(13-15-28)29-19-27(30-20-41-36(42-30)32-9-6-18-45(32)34(49)22-39-24-47)11-10-25(29)7-3-4-16-40-35(37)31-8-5-17-44(31)33(48)21-38-23-46/h4,10-16,19-20,23-24,31-32H,5-6,8-9,17-18,21-22H2,1-2H3,(H2,37,40)(H,38,46)(H,39,47)(H,41,42)/b16-4+/t31?,32-/m0/s1. The van der Waals surface area contributed by atoms with Crippen molar-refractivity contribution in [3.63, 3.8) is 0 Å². The number of amidine groups is 1. The third-order valence-corrected chi connectivity index (χ3v) is 8.69. The lowest BCUT2D eigenvalue weighted by molar-refractivity contribution is -0.132. The van der Waals surface area contributed by atoms with Crippen LogP contribution in [0.1, 0.15) is 43.1 Å². The molecule has 49 heavy (non-hydrogen) atoms. The molecule has 4 amide bonds. The molecule has 0 spiro atoms. The quantitative estimate of drug-likeness (QED) is 0.0997. The van der Waals surface area contributed by atoms with E-state index in [0.29, 0.717) is 44.0 Å². The second-order valence-corrected chi connectivity index (χ2v) is 12.0. The molecular weight excluding hydrogens is 622 g/mol. The lowest BCUT2D eigenvalue weighted by Gasteiger charge is -2.23. The van der Waals surface area contributed by atoms with Gasteiger partial charge in [-0.25, -0.2) is 9.98 Å². The molecule has 0 aliphatic carbocycles. The molecule has 2 saturated heterocycles. The number of aromatic nitrogens is 2. The maximum atomic E-state index is 12.7. The number of nitrogens with one attached hydrogen (secondary N) is 3. The minimum Gasteiger partial charge on any atom is -0.385 e. The van der Waals surface area contributed by atoms with E-state index in [2.05, 4.69) is 67.8 Å². The van der Waals surface area contributed by atoms with Gasteiger partial charge in [-0.1, -0.05) is 30.0 Å². The summed E-state index contributed by atoms with van der Waals surface area (Å²) < 4.78 is 0. The van der Waals surface area contributed by atoms with Crippen LogP contribution in [0, 0.1) is 11.8 Å². The number of hydrogen-bond donors (Lipinski definition) is 4. The molecule has 254 valence electrons. The zero-order valence-electron chi connectivity index (χ0n) is 27.7. The molecule has 13 heteroatoms. The number of carbonyl (C=O) groups excluding carboxylic acids is 4. The molecule has 0 bridgehead atoms. The van der Waals surface area contributed by atoms with Gasteiger partial charge in [-0.15, -0.1) is 0 Å². The van der Waals surface area contributed by atoms with Crippen LogP contribution in [-0.4, -0.2) is 96.6 Å². The number of anilines is 1. The summed E-state index contributed by atoms with van der Waals surface area (Å²) in [4.78, 5) is 64.2. The van der Waals surface area contributed by atoms with Crippen LogP contribution in [0.5, 0.6) is 0 Å². The maximum Gasteiger partial charge on any atom is 0.242 e. The predicted octanol–water partition coefficient (Wildman–Crippen LogP) is 2.18. The topological polar surface area (TPSA) is 169 Å². The second kappa shape index (κ2) is 16.3. The van der Waals surface area contributed by atoms with E-state index in [1.807, 2.05) is 31.1 Å². The van der Waals surface area contributed by atoms with E-state index in [-0.39, 0.29) is 37.0 Å². The highest BCUT2D eigenvalue weighted by molar-refractivity contribution is 5.92. The molecular formula is C36H41N9O4. The van der Waals surface area contributed by atoms with E-state index in [9.17, 15) is 19.2 Å². The molecule has 1 aromatic heterocycles. The molecule has 2 aliphatic rings. The van der Waals surface area contributed by atoms with Crippen molar-refractivity contribution in [3.8, 4) is 34.2 Å². The van der Waals surface area contributed by atoms with E-state index >= 15 is 0 Å². The van der Waals surface area contributed by atoms with Gasteiger partial charge in [-0.2, -0.15) is 0 Å². The van der Waals surface area contributed by atoms with Gasteiger partial charge >= 0.3 is 0 Å². The van der Waals surface area contributed by atoms with Crippen LogP contribution in [0.4, 0.5) is 5.69 Å². The Kier molecular flexibility index (Phi) is 11.4. The molecule has 2 aromatic carbocycles. The molecule has 5 rings (SSSR count). The SMILES string of the molecule is CN(C)c1ccc(-c2cc(-c3cnc([C@@H]4CCCN4C(=O)CNC=O)[nH]3)ccc2C#C/C=C/N=C(N)C2CCCN2C(=O)CNC=O)cc1. The van der Waals surface area contributed by atoms with Crippen molar-refractivity contribution in [2.24, 2.45) is 10.7 Å². The Bertz CT molecular complexity index is 1790. The van der Waals surface area contributed by atoms with Gasteiger partial charge in [0.1, 0.15) is 11.7 Å². The molecule has 1 unspecified atom stereocenters. The third-order valence-electron chi connectivity index (χ3n) is 8.69. The van der Waals surface area contributed by atoms with Gasteiger partial charge in [0, 0.05) is 56.3 Å². The van der Waals surface area contributed by atoms with E-state index in [1.165, 1.54) is 6.20 Å². The number of imidazole rings is 1. The Labute approximate surface area is 285 Å². The van der Waals surface area contributed by atoms with Crippen molar-refractivity contribution in [3.05, 3.63) is 72.3 Å². The first-order valence-corrected chi connectivity index (χ1v) is 16.2. The number of benzene rings is 2. The van der Waals surface area contributed by atoms with Crippen molar-refractivity contribution in [1.82, 2.24) is 30.4 Å². The van der Waals surface area contributed by atoms with Gasteiger partial charge in [-0.3, -0.25) is 19.2 Å². The lowest BCUT2D eigenvalue weighted by atomic mass is 9.96. The highest BCUT2D eigenvalue weighted by atomic mass is 16.2. The predicted molar refractivity (Wildman–Crippen MR) is 188 cm³/mol. The number of hydrogen-bond acceptors (Lipinski definition) is 7. The molecule has 3 heterocycles. The number of H-pyrrole nitrogens is 1. The molecule has 2 fully saturated rings. The van der Waals surface area contributed by atoms with Crippen LogP contribution in [0.2, 0.25) is 0 Å². The second-order valence-electron chi connectivity index (χ2n) is 12.0. The highest BCUT2D eigenvalue weighted by Crippen LogP contribution is 2.33. The van der Waals surface area contributed by atoms with Crippen molar-refractivity contribution < 1.29 is 19.2 Å². The fourth-order valence-electron chi connectivity index (χ4n) is 6.20. The minimum atomic E-state index is -0.317. The normalized spacial score (nSPS) is 17.5. The zero-order valence-corrected chi connectivity index (χ0v) is 27.7. The number of likely N-dealkylation sites (tertiary alicyclic amines) is 2. The molecule has 0 saturated carbocycles. The van der Waals surface area contributed by atoms with E-state index in [1.54, 1.807) is 22.1 Å². The number of carbonyl (C=O) groups is 4. The molecule has 2 atom stereocenters. The zero-order chi connectivity index (χ0) is 34.8. The summed E-state index contributed by atoms with van der Waals surface area (Å²) in [6.45, 7) is 1.07. The third kappa shape index (κ3) is 8.34. The maximum absolute atomic E-state index is 12.7. The summed E-state index contributed by atoms with van der Waals surface area (Å²) >= 11 is 0. The fourth-order valence-corrected chi connectivity index (χ4v) is 6.20. The van der Waals surface area contributed by atoms with Crippen molar-refractivity contribution in [2.75, 3.05) is 45.2 Å². The smallest absolute Gasteiger partial charge is 0.242 e. The van der Waals surface area contributed by atoms with E-state index in [4.69, 9.17) is 5.73 Å². The average molecular weight is 664 g/mol. The monoisotopic (exact) mass is 663 g/mol. The van der Waals surface area contributed by atoms with Gasteiger partial charge in [0.05, 0.1) is 37.1 Å². The van der Waals surface area contributed by atoms with Gasteiger partial charge in [0.25, 0.3) is 0 Å². The van der Waals surface area contributed by atoms with Crippen LogP contribution in [0.25, 0.3) is 22.4 Å². The number of nitrogens with zero attached hydrogens (tertiary/aromatic N) is 5. The Morgan fingerprint density at radius 3 is 2.39 bits per heavy atom. The Morgan fingerprint density at radius 2 is 1.67 bits per heavy atom. The number of aliphatic imine (C=N–C) groups is 1. The summed E-state index contributed by atoms with van der Waals surface area (Å²) in [5.74, 6) is 7.00. The number of nitrogens with two attached hydrogens (primary N) is 1. The van der Waals surface area contributed by atoms with Gasteiger partial charge in [0.2, 0.25) is 24.6 Å². The average Bonchev–Trinajstić information content (AvgIpc) is 3.91. The van der Waals surface area contributed by atoms with Crippen LogP contribution in [0.15, 0.2) is 65.9 Å². The van der Waals surface area contributed by atoms with Crippen LogP contribution >= 0.6 is 0 Å². The van der Waals surface area contributed by atoms with Crippen molar-refractivity contribution in [2.45, 2.75) is 37.8 Å². The summed E-state index contributed by atoms with van der Waals surface area (Å²) in [6.07, 6.45) is 9.13. The van der Waals surface area contributed by atoms with Crippen molar-refractivity contribution >= 4 is 36.2 Å². The molecule has 0 radical (unpaired) electrons. The highest BCUT2D eigenvalue weighted by Gasteiger charge is 2.32. The molecule has 13 nitrogen and oxygen atoms in total. The first kappa shape index (κ1) is 34.4. The fraction of sp³-hybridized carbons (Fsp3) is 0.333. The summed E-state index contributed by atoms with van der Waals surface area (Å²) in [5, 5.41) is 4.86. The largest absolute Gasteiger partial charge is 0.385 e. The molecule has 5 N–H and O–H groups in total. The molecule has 3 aromatic rings. The van der Waals surface area contributed by atoms with Gasteiger partial charge < -0.3 is 36.1 Å². The number of amides is 4. The Morgan fingerprint density at radius 1 is 1.00 bits per heavy atom. The van der Waals surface area contributed by atoms with Crippen LogP contribution < -0.4 is 21.3 Å². The molecule has 2 aliphatic heterocycles. The first-order chi connectivity index (χ1) is 23.8. The number of aromatic amines is 1.